The molecule has 0 aliphatic rings. The van der Waals surface area contributed by atoms with E-state index < -0.39 is 5.97 Å². The molecule has 4 heteroatoms. The molecule has 1 aromatic carbocycles. The molecule has 1 N–H and O–H groups in total. The van der Waals surface area contributed by atoms with Gasteiger partial charge in [0.1, 0.15) is 5.82 Å². The molecule has 1 rings (SSSR count). The summed E-state index contributed by atoms with van der Waals surface area (Å²) in [5.74, 6) is -1.04. The first-order valence-electron chi connectivity index (χ1n) is 6.42. The predicted molar refractivity (Wildman–Crippen MR) is 73.6 cm³/mol. The van der Waals surface area contributed by atoms with E-state index in [1.807, 2.05) is 27.7 Å². The lowest BCUT2D eigenvalue weighted by atomic mass is 10.0. The Bertz CT molecular complexity index is 452. The van der Waals surface area contributed by atoms with E-state index in [4.69, 9.17) is 5.11 Å². The number of hydrogen-bond donors (Lipinski definition) is 1. The van der Waals surface area contributed by atoms with Gasteiger partial charge in [-0.2, -0.15) is 0 Å². The zero-order valence-electron chi connectivity index (χ0n) is 12.0. The van der Waals surface area contributed by atoms with Crippen molar-refractivity contribution in [3.8, 4) is 0 Å². The van der Waals surface area contributed by atoms with Gasteiger partial charge in [0.05, 0.1) is 6.42 Å². The maximum absolute atomic E-state index is 13.1. The van der Waals surface area contributed by atoms with E-state index in [1.54, 1.807) is 6.07 Å². The summed E-state index contributed by atoms with van der Waals surface area (Å²) in [5, 5.41) is 8.81. The molecular weight excluding hydrogens is 245 g/mol. The summed E-state index contributed by atoms with van der Waals surface area (Å²) in [5.41, 5.74) is 1.79. The lowest BCUT2D eigenvalue weighted by Gasteiger charge is -2.35. The Labute approximate surface area is 114 Å². The Morgan fingerprint density at radius 3 is 2.47 bits per heavy atom. The minimum absolute atomic E-state index is 0.109. The third-order valence-corrected chi connectivity index (χ3v) is 3.21. The van der Waals surface area contributed by atoms with Crippen molar-refractivity contribution in [2.24, 2.45) is 0 Å². The van der Waals surface area contributed by atoms with E-state index in [1.165, 1.54) is 12.1 Å². The molecule has 0 saturated carbocycles. The zero-order chi connectivity index (χ0) is 14.6. The van der Waals surface area contributed by atoms with Crippen LogP contribution in [0.4, 0.5) is 4.39 Å². The van der Waals surface area contributed by atoms with E-state index in [-0.39, 0.29) is 17.8 Å². The largest absolute Gasteiger partial charge is 0.481 e. The summed E-state index contributed by atoms with van der Waals surface area (Å²) < 4.78 is 13.1. The standard InChI is InChI=1S/C15H22FNO2/c1-11-9-13(16)6-5-12(11)10-17(15(2,3)4)8-7-14(18)19/h5-6,9H,7-8,10H2,1-4H3,(H,18,19). The number of nitrogens with zero attached hydrogens (tertiary/aromatic N) is 1. The second-order valence-corrected chi connectivity index (χ2v) is 5.81. The molecule has 0 aliphatic heterocycles. The first-order valence-corrected chi connectivity index (χ1v) is 6.42. The van der Waals surface area contributed by atoms with Crippen LogP contribution in [0.15, 0.2) is 18.2 Å². The van der Waals surface area contributed by atoms with E-state index in [0.29, 0.717) is 13.1 Å². The van der Waals surface area contributed by atoms with Crippen LogP contribution in [0.2, 0.25) is 0 Å². The highest BCUT2D eigenvalue weighted by Crippen LogP contribution is 2.20. The second-order valence-electron chi connectivity index (χ2n) is 5.81. The molecular formula is C15H22FNO2. The van der Waals surface area contributed by atoms with Crippen LogP contribution in [0.25, 0.3) is 0 Å². The molecule has 19 heavy (non-hydrogen) atoms. The Balaban J connectivity index is 2.85. The molecule has 0 amide bonds. The summed E-state index contributed by atoms with van der Waals surface area (Å²) in [6.45, 7) is 9.13. The van der Waals surface area contributed by atoms with Gasteiger partial charge in [0.15, 0.2) is 0 Å². The van der Waals surface area contributed by atoms with Gasteiger partial charge in [0, 0.05) is 18.6 Å². The molecule has 0 fully saturated rings. The van der Waals surface area contributed by atoms with Crippen LogP contribution in [-0.4, -0.2) is 28.1 Å². The fourth-order valence-corrected chi connectivity index (χ4v) is 1.92. The van der Waals surface area contributed by atoms with Crippen molar-refractivity contribution in [3.63, 3.8) is 0 Å². The van der Waals surface area contributed by atoms with Crippen molar-refractivity contribution in [2.45, 2.75) is 46.2 Å². The highest BCUT2D eigenvalue weighted by molar-refractivity contribution is 5.66. The summed E-state index contributed by atoms with van der Waals surface area (Å²) >= 11 is 0. The molecule has 0 aliphatic carbocycles. The number of carboxylic acids is 1. The monoisotopic (exact) mass is 267 g/mol. The highest BCUT2D eigenvalue weighted by atomic mass is 19.1. The lowest BCUT2D eigenvalue weighted by Crippen LogP contribution is -2.42. The fourth-order valence-electron chi connectivity index (χ4n) is 1.92. The minimum atomic E-state index is -0.801. The molecule has 0 saturated heterocycles. The quantitative estimate of drug-likeness (QED) is 0.890. The van der Waals surface area contributed by atoms with Crippen molar-refractivity contribution in [2.75, 3.05) is 6.54 Å². The normalized spacial score (nSPS) is 11.9. The lowest BCUT2D eigenvalue weighted by molar-refractivity contribution is -0.137. The molecule has 0 heterocycles. The Morgan fingerprint density at radius 2 is 2.00 bits per heavy atom. The first-order chi connectivity index (χ1) is 8.70. The third kappa shape index (κ3) is 4.99. The van der Waals surface area contributed by atoms with Gasteiger partial charge < -0.3 is 5.11 Å². The molecule has 0 radical (unpaired) electrons. The van der Waals surface area contributed by atoms with Crippen LogP contribution in [0, 0.1) is 12.7 Å². The maximum Gasteiger partial charge on any atom is 0.304 e. The number of halogens is 1. The topological polar surface area (TPSA) is 40.5 Å². The minimum Gasteiger partial charge on any atom is -0.481 e. The van der Waals surface area contributed by atoms with Crippen LogP contribution in [0.3, 0.4) is 0 Å². The smallest absolute Gasteiger partial charge is 0.304 e. The third-order valence-electron chi connectivity index (χ3n) is 3.21. The van der Waals surface area contributed by atoms with Crippen molar-refractivity contribution in [3.05, 3.63) is 35.1 Å². The number of carbonyl (C=O) groups is 1. The van der Waals surface area contributed by atoms with E-state index in [9.17, 15) is 9.18 Å². The fraction of sp³-hybridized carbons (Fsp3) is 0.533. The second kappa shape index (κ2) is 6.15. The predicted octanol–water partition coefficient (Wildman–Crippen LogP) is 3.21. The average molecular weight is 267 g/mol. The van der Waals surface area contributed by atoms with Gasteiger partial charge in [-0.05, 0) is 51.0 Å². The summed E-state index contributed by atoms with van der Waals surface area (Å²) in [4.78, 5) is 12.8. The number of aliphatic carboxylic acids is 1. The van der Waals surface area contributed by atoms with Crippen LogP contribution in [-0.2, 0) is 11.3 Å². The molecule has 1 aromatic rings. The number of rotatable bonds is 5. The number of hydrogen-bond acceptors (Lipinski definition) is 2. The van der Waals surface area contributed by atoms with Crippen molar-refractivity contribution in [1.29, 1.82) is 0 Å². The molecule has 0 aromatic heterocycles. The van der Waals surface area contributed by atoms with Crippen LogP contribution in [0.1, 0.15) is 38.3 Å². The molecule has 106 valence electrons. The van der Waals surface area contributed by atoms with Gasteiger partial charge >= 0.3 is 5.97 Å². The number of carboxylic acid groups (broad SMARTS) is 1. The number of aryl methyl sites for hydroxylation is 1. The highest BCUT2D eigenvalue weighted by Gasteiger charge is 2.22. The molecule has 0 unspecified atom stereocenters. The Morgan fingerprint density at radius 1 is 1.37 bits per heavy atom. The Kier molecular flexibility index (Phi) is 5.06. The van der Waals surface area contributed by atoms with E-state index in [2.05, 4.69) is 4.90 Å². The SMILES string of the molecule is Cc1cc(F)ccc1CN(CCC(=O)O)C(C)(C)C. The van der Waals surface area contributed by atoms with Crippen molar-refractivity contribution >= 4 is 5.97 Å². The zero-order valence-corrected chi connectivity index (χ0v) is 12.0. The van der Waals surface area contributed by atoms with Crippen LogP contribution in [0.5, 0.6) is 0 Å². The summed E-state index contributed by atoms with van der Waals surface area (Å²) in [6, 6.07) is 4.72. The van der Waals surface area contributed by atoms with Crippen LogP contribution < -0.4 is 0 Å². The molecule has 0 bridgehead atoms. The van der Waals surface area contributed by atoms with E-state index in [0.717, 1.165) is 11.1 Å². The van der Waals surface area contributed by atoms with Crippen LogP contribution >= 0.6 is 0 Å². The first kappa shape index (κ1) is 15.6. The van der Waals surface area contributed by atoms with Gasteiger partial charge in [-0.3, -0.25) is 9.69 Å². The van der Waals surface area contributed by atoms with Gasteiger partial charge in [0.25, 0.3) is 0 Å². The number of benzene rings is 1. The average Bonchev–Trinajstić information content (AvgIpc) is 2.24. The van der Waals surface area contributed by atoms with Gasteiger partial charge in [0.2, 0.25) is 0 Å². The van der Waals surface area contributed by atoms with E-state index >= 15 is 0 Å². The van der Waals surface area contributed by atoms with Gasteiger partial charge in [-0.15, -0.1) is 0 Å². The summed E-state index contributed by atoms with van der Waals surface area (Å²) in [6.07, 6.45) is 0.109. The van der Waals surface area contributed by atoms with Gasteiger partial charge in [-0.1, -0.05) is 6.07 Å². The molecule has 3 nitrogen and oxygen atoms in total. The summed E-state index contributed by atoms with van der Waals surface area (Å²) in [7, 11) is 0. The van der Waals surface area contributed by atoms with Crippen molar-refractivity contribution in [1.82, 2.24) is 4.90 Å². The molecule has 0 spiro atoms. The van der Waals surface area contributed by atoms with Gasteiger partial charge in [-0.25, -0.2) is 4.39 Å². The maximum atomic E-state index is 13.1. The molecule has 0 atom stereocenters. The van der Waals surface area contributed by atoms with Crippen molar-refractivity contribution < 1.29 is 14.3 Å². The Hall–Kier alpha value is -1.42.